The molecule has 2 N–H and O–H groups in total. The first-order chi connectivity index (χ1) is 6.54. The smallest absolute Gasteiger partial charge is 0.310 e. The number of nitrogens with two attached hydrogens (primary N) is 1. The van der Waals surface area contributed by atoms with E-state index in [1.165, 1.54) is 7.11 Å². The van der Waals surface area contributed by atoms with Gasteiger partial charge in [0.15, 0.2) is 0 Å². The maximum atomic E-state index is 11.0. The summed E-state index contributed by atoms with van der Waals surface area (Å²) in [4.78, 5) is 11.0. The van der Waals surface area contributed by atoms with Gasteiger partial charge in [0.25, 0.3) is 0 Å². The van der Waals surface area contributed by atoms with Crippen molar-refractivity contribution in [2.45, 2.75) is 6.42 Å². The van der Waals surface area contributed by atoms with Gasteiger partial charge >= 0.3 is 5.97 Å². The Morgan fingerprint density at radius 3 is 2.71 bits per heavy atom. The van der Waals surface area contributed by atoms with Crippen LogP contribution in [0.2, 0.25) is 0 Å². The summed E-state index contributed by atoms with van der Waals surface area (Å²) in [6.45, 7) is 0. The van der Waals surface area contributed by atoms with Gasteiger partial charge in [0, 0.05) is 14.6 Å². The maximum absolute atomic E-state index is 11.0. The van der Waals surface area contributed by atoms with Gasteiger partial charge in [-0.3, -0.25) is 4.79 Å². The van der Waals surface area contributed by atoms with Crippen LogP contribution < -0.4 is 5.73 Å². The first kappa shape index (κ1) is 11.5. The minimum atomic E-state index is -0.304. The molecule has 0 unspecified atom stereocenters. The highest BCUT2D eigenvalue weighted by molar-refractivity contribution is 9.11. The Kier molecular flexibility index (Phi) is 3.95. The van der Waals surface area contributed by atoms with Crippen LogP contribution in [-0.4, -0.2) is 13.1 Å². The number of hydrogen-bond donors (Lipinski definition) is 1. The first-order valence-electron chi connectivity index (χ1n) is 3.84. The molecule has 3 nitrogen and oxygen atoms in total. The van der Waals surface area contributed by atoms with Crippen molar-refractivity contribution in [2.24, 2.45) is 0 Å². The average Bonchev–Trinajstić information content (AvgIpc) is 2.13. The van der Waals surface area contributed by atoms with Gasteiger partial charge in [0.2, 0.25) is 0 Å². The molecule has 1 rings (SSSR count). The predicted molar refractivity (Wildman–Crippen MR) is 62.0 cm³/mol. The van der Waals surface area contributed by atoms with Gasteiger partial charge in [-0.05, 0) is 33.6 Å². The molecule has 0 bridgehead atoms. The molecule has 0 radical (unpaired) electrons. The third kappa shape index (κ3) is 2.72. The number of carbonyl (C=O) groups excluding carboxylic acids is 1. The van der Waals surface area contributed by atoms with Crippen molar-refractivity contribution in [3.05, 3.63) is 26.6 Å². The molecule has 1 aromatic rings. The zero-order valence-electron chi connectivity index (χ0n) is 7.51. The molecule has 0 aliphatic heterocycles. The fraction of sp³-hybridized carbons (Fsp3) is 0.222. The van der Waals surface area contributed by atoms with Gasteiger partial charge < -0.3 is 10.5 Å². The van der Waals surface area contributed by atoms with Crippen molar-refractivity contribution in [3.63, 3.8) is 0 Å². The summed E-state index contributed by atoms with van der Waals surface area (Å²) in [5, 5.41) is 0. The fourth-order valence-corrected chi connectivity index (χ4v) is 2.33. The van der Waals surface area contributed by atoms with Crippen LogP contribution in [0.5, 0.6) is 0 Å². The molecule has 0 amide bonds. The van der Waals surface area contributed by atoms with E-state index in [4.69, 9.17) is 5.73 Å². The molecule has 0 atom stereocenters. The Labute approximate surface area is 98.9 Å². The number of carbonyl (C=O) groups is 1. The maximum Gasteiger partial charge on any atom is 0.310 e. The van der Waals surface area contributed by atoms with Crippen LogP contribution >= 0.6 is 31.9 Å². The normalized spacial score (nSPS) is 9.93. The lowest BCUT2D eigenvalue weighted by Gasteiger charge is -2.07. The topological polar surface area (TPSA) is 52.3 Å². The van der Waals surface area contributed by atoms with Crippen molar-refractivity contribution < 1.29 is 9.53 Å². The van der Waals surface area contributed by atoms with Gasteiger partial charge in [0.05, 0.1) is 13.5 Å². The Hall–Kier alpha value is -0.550. The van der Waals surface area contributed by atoms with E-state index in [1.807, 2.05) is 6.07 Å². The Morgan fingerprint density at radius 2 is 2.14 bits per heavy atom. The number of hydrogen-bond acceptors (Lipinski definition) is 3. The Balaban J connectivity index is 3.02. The standard InChI is InChI=1S/C9H9Br2NO2/c1-14-8(13)3-5-2-6(10)4-7(11)9(5)12/h2,4H,3,12H2,1H3. The van der Waals surface area contributed by atoms with Crippen LogP contribution in [0.15, 0.2) is 21.1 Å². The number of methoxy groups -OCH3 is 1. The molecule has 0 aliphatic rings. The average molecular weight is 323 g/mol. The van der Waals surface area contributed by atoms with Crippen molar-refractivity contribution in [3.8, 4) is 0 Å². The number of nitrogen functional groups attached to an aromatic ring is 1. The summed E-state index contributed by atoms with van der Waals surface area (Å²) in [6.07, 6.45) is 0.181. The second-order valence-corrected chi connectivity index (χ2v) is 4.48. The fourth-order valence-electron chi connectivity index (χ4n) is 1.01. The monoisotopic (exact) mass is 321 g/mol. The van der Waals surface area contributed by atoms with E-state index < -0.39 is 0 Å². The van der Waals surface area contributed by atoms with E-state index in [-0.39, 0.29) is 12.4 Å². The van der Waals surface area contributed by atoms with E-state index in [2.05, 4.69) is 36.6 Å². The summed E-state index contributed by atoms with van der Waals surface area (Å²) in [6, 6.07) is 3.63. The summed E-state index contributed by atoms with van der Waals surface area (Å²) < 4.78 is 6.21. The lowest BCUT2D eigenvalue weighted by molar-refractivity contribution is -0.139. The van der Waals surface area contributed by atoms with E-state index in [0.29, 0.717) is 5.69 Å². The Morgan fingerprint density at radius 1 is 1.50 bits per heavy atom. The molecule has 5 heteroatoms. The van der Waals surface area contributed by atoms with Crippen molar-refractivity contribution in [1.29, 1.82) is 0 Å². The molecule has 0 saturated carbocycles. The zero-order valence-corrected chi connectivity index (χ0v) is 10.7. The SMILES string of the molecule is COC(=O)Cc1cc(Br)cc(Br)c1N. The summed E-state index contributed by atoms with van der Waals surface area (Å²) in [5.41, 5.74) is 7.10. The third-order valence-corrected chi connectivity index (χ3v) is 2.86. The first-order valence-corrected chi connectivity index (χ1v) is 5.43. The zero-order chi connectivity index (χ0) is 10.7. The number of benzene rings is 1. The van der Waals surface area contributed by atoms with Gasteiger partial charge in [-0.15, -0.1) is 0 Å². The van der Waals surface area contributed by atoms with Crippen LogP contribution in [0.25, 0.3) is 0 Å². The van der Waals surface area contributed by atoms with Crippen LogP contribution in [0, 0.1) is 0 Å². The van der Waals surface area contributed by atoms with E-state index in [0.717, 1.165) is 14.5 Å². The van der Waals surface area contributed by atoms with Crippen LogP contribution in [0.4, 0.5) is 5.69 Å². The molecule has 0 saturated heterocycles. The van der Waals surface area contributed by atoms with E-state index in [1.54, 1.807) is 6.07 Å². The van der Waals surface area contributed by atoms with Crippen molar-refractivity contribution in [2.75, 3.05) is 12.8 Å². The molecule has 14 heavy (non-hydrogen) atoms. The number of halogens is 2. The van der Waals surface area contributed by atoms with E-state index >= 15 is 0 Å². The third-order valence-electron chi connectivity index (χ3n) is 1.74. The second-order valence-electron chi connectivity index (χ2n) is 2.71. The van der Waals surface area contributed by atoms with Gasteiger partial charge in [-0.2, -0.15) is 0 Å². The van der Waals surface area contributed by atoms with Crippen LogP contribution in [0.1, 0.15) is 5.56 Å². The molecule has 0 aliphatic carbocycles. The number of ether oxygens (including phenoxy) is 1. The lowest BCUT2D eigenvalue weighted by atomic mass is 10.1. The van der Waals surface area contributed by atoms with Crippen LogP contribution in [-0.2, 0) is 16.0 Å². The second kappa shape index (κ2) is 4.79. The molecule has 0 heterocycles. The minimum Gasteiger partial charge on any atom is -0.469 e. The van der Waals surface area contributed by atoms with Gasteiger partial charge in [-0.25, -0.2) is 0 Å². The van der Waals surface area contributed by atoms with Gasteiger partial charge in [0.1, 0.15) is 0 Å². The highest BCUT2D eigenvalue weighted by Crippen LogP contribution is 2.28. The lowest BCUT2D eigenvalue weighted by Crippen LogP contribution is -2.07. The van der Waals surface area contributed by atoms with Crippen LogP contribution in [0.3, 0.4) is 0 Å². The molecule has 0 spiro atoms. The summed E-state index contributed by atoms with van der Waals surface area (Å²) >= 11 is 6.62. The molecular weight excluding hydrogens is 314 g/mol. The molecule has 1 aromatic carbocycles. The van der Waals surface area contributed by atoms with Crippen molar-refractivity contribution in [1.82, 2.24) is 0 Å². The minimum absolute atomic E-state index is 0.181. The largest absolute Gasteiger partial charge is 0.469 e. The predicted octanol–water partition coefficient (Wildman–Crippen LogP) is 2.51. The van der Waals surface area contributed by atoms with Crippen molar-refractivity contribution >= 4 is 43.5 Å². The number of rotatable bonds is 2. The molecular formula is C9H9Br2NO2. The van der Waals surface area contributed by atoms with E-state index in [9.17, 15) is 4.79 Å². The molecule has 0 aromatic heterocycles. The number of esters is 1. The highest BCUT2D eigenvalue weighted by Gasteiger charge is 2.09. The van der Waals surface area contributed by atoms with Gasteiger partial charge in [-0.1, -0.05) is 15.9 Å². The summed E-state index contributed by atoms with van der Waals surface area (Å²) in [5.74, 6) is -0.304. The highest BCUT2D eigenvalue weighted by atomic mass is 79.9. The number of anilines is 1. The quantitative estimate of drug-likeness (QED) is 0.672. The molecule has 76 valence electrons. The summed E-state index contributed by atoms with van der Waals surface area (Å²) in [7, 11) is 1.35. The molecule has 0 fully saturated rings. The Bertz CT molecular complexity index is 366.